The van der Waals surface area contributed by atoms with Crippen LogP contribution >= 0.6 is 15.9 Å². The quantitative estimate of drug-likeness (QED) is 0.843. The standard InChI is InChI=1S/C18H26BrNO/c1-3-18(7-4-5-8-18)16(20-2)12-14-11-15(19)10-13-6-9-21-17(13)14/h10-11,16,20H,3-9,12H2,1-2H3. The number of halogens is 1. The maximum atomic E-state index is 5.91. The van der Waals surface area contributed by atoms with Crippen molar-refractivity contribution in [2.75, 3.05) is 13.7 Å². The Kier molecular flexibility index (Phi) is 4.60. The Hall–Kier alpha value is -0.540. The minimum absolute atomic E-state index is 0.475. The molecule has 3 heteroatoms. The molecular weight excluding hydrogens is 326 g/mol. The molecule has 2 aliphatic rings. The largest absolute Gasteiger partial charge is 0.493 e. The molecule has 0 spiro atoms. The van der Waals surface area contributed by atoms with Crippen LogP contribution in [-0.4, -0.2) is 19.7 Å². The van der Waals surface area contributed by atoms with E-state index in [0.29, 0.717) is 11.5 Å². The van der Waals surface area contributed by atoms with Gasteiger partial charge in [0.2, 0.25) is 0 Å². The highest BCUT2D eigenvalue weighted by Gasteiger charge is 2.39. The maximum absolute atomic E-state index is 5.91. The number of ether oxygens (including phenoxy) is 1. The molecule has 1 heterocycles. The van der Waals surface area contributed by atoms with E-state index in [2.05, 4.69) is 47.4 Å². The zero-order valence-corrected chi connectivity index (χ0v) is 14.8. The third-order valence-corrected chi connectivity index (χ3v) is 6.10. The Morgan fingerprint density at radius 2 is 2.10 bits per heavy atom. The van der Waals surface area contributed by atoms with Crippen molar-refractivity contribution in [3.63, 3.8) is 0 Å². The summed E-state index contributed by atoms with van der Waals surface area (Å²) < 4.78 is 7.10. The molecule has 1 N–H and O–H groups in total. The van der Waals surface area contributed by atoms with E-state index in [1.54, 1.807) is 0 Å². The van der Waals surface area contributed by atoms with E-state index in [1.807, 2.05) is 0 Å². The van der Waals surface area contributed by atoms with Crippen LogP contribution in [-0.2, 0) is 12.8 Å². The van der Waals surface area contributed by atoms with Gasteiger partial charge in [-0.2, -0.15) is 0 Å². The summed E-state index contributed by atoms with van der Waals surface area (Å²) in [7, 11) is 2.12. The molecule has 0 saturated heterocycles. The van der Waals surface area contributed by atoms with Crippen LogP contribution < -0.4 is 10.1 Å². The van der Waals surface area contributed by atoms with Crippen LogP contribution in [0.1, 0.15) is 50.2 Å². The van der Waals surface area contributed by atoms with Crippen molar-refractivity contribution in [2.24, 2.45) is 5.41 Å². The number of fused-ring (bicyclic) bond motifs is 1. The number of hydrogen-bond acceptors (Lipinski definition) is 2. The predicted octanol–water partition coefficient (Wildman–Crippen LogP) is 4.48. The molecule has 0 radical (unpaired) electrons. The van der Waals surface area contributed by atoms with Crippen molar-refractivity contribution in [1.82, 2.24) is 5.32 Å². The van der Waals surface area contributed by atoms with Gasteiger partial charge < -0.3 is 10.1 Å². The average molecular weight is 352 g/mol. The third kappa shape index (κ3) is 2.87. The first-order valence-electron chi connectivity index (χ1n) is 8.30. The topological polar surface area (TPSA) is 21.3 Å². The van der Waals surface area contributed by atoms with E-state index < -0.39 is 0 Å². The highest BCUT2D eigenvalue weighted by atomic mass is 79.9. The van der Waals surface area contributed by atoms with Crippen LogP contribution in [0.25, 0.3) is 0 Å². The van der Waals surface area contributed by atoms with Crippen molar-refractivity contribution >= 4 is 15.9 Å². The molecule has 0 amide bonds. The van der Waals surface area contributed by atoms with E-state index in [0.717, 1.165) is 25.2 Å². The molecule has 1 aromatic carbocycles. The first-order chi connectivity index (χ1) is 10.2. The molecule has 1 fully saturated rings. The molecule has 1 saturated carbocycles. The summed E-state index contributed by atoms with van der Waals surface area (Å²) in [5.74, 6) is 1.16. The van der Waals surface area contributed by atoms with Crippen LogP contribution in [0, 0.1) is 5.41 Å². The Balaban J connectivity index is 1.88. The van der Waals surface area contributed by atoms with Gasteiger partial charge in [-0.1, -0.05) is 35.7 Å². The molecule has 2 nitrogen and oxygen atoms in total. The predicted molar refractivity (Wildman–Crippen MR) is 91.1 cm³/mol. The lowest BCUT2D eigenvalue weighted by molar-refractivity contribution is 0.191. The summed E-state index contributed by atoms with van der Waals surface area (Å²) >= 11 is 3.67. The molecule has 1 unspecified atom stereocenters. The molecular formula is C18H26BrNO. The molecule has 21 heavy (non-hydrogen) atoms. The smallest absolute Gasteiger partial charge is 0.125 e. The number of benzene rings is 1. The minimum atomic E-state index is 0.475. The van der Waals surface area contributed by atoms with Crippen LogP contribution in [0.2, 0.25) is 0 Å². The summed E-state index contributed by atoms with van der Waals surface area (Å²) in [6.45, 7) is 3.19. The lowest BCUT2D eigenvalue weighted by atomic mass is 9.74. The molecule has 1 aromatic rings. The molecule has 1 aliphatic carbocycles. The average Bonchev–Trinajstić information content (AvgIpc) is 3.13. The second-order valence-electron chi connectivity index (χ2n) is 6.62. The number of rotatable bonds is 5. The highest BCUT2D eigenvalue weighted by Crippen LogP contribution is 2.45. The van der Waals surface area contributed by atoms with Gasteiger partial charge in [0.05, 0.1) is 6.61 Å². The van der Waals surface area contributed by atoms with E-state index in [-0.39, 0.29) is 0 Å². The molecule has 0 aromatic heterocycles. The third-order valence-electron chi connectivity index (χ3n) is 5.64. The van der Waals surface area contributed by atoms with Crippen molar-refractivity contribution in [3.05, 3.63) is 27.7 Å². The monoisotopic (exact) mass is 351 g/mol. The van der Waals surface area contributed by atoms with E-state index >= 15 is 0 Å². The second kappa shape index (κ2) is 6.29. The van der Waals surface area contributed by atoms with Crippen molar-refractivity contribution in [2.45, 2.75) is 57.9 Å². The van der Waals surface area contributed by atoms with Crippen molar-refractivity contribution < 1.29 is 4.74 Å². The Bertz CT molecular complexity index is 508. The van der Waals surface area contributed by atoms with Crippen LogP contribution in [0.3, 0.4) is 0 Å². The molecule has 3 rings (SSSR count). The minimum Gasteiger partial charge on any atom is -0.493 e. The summed E-state index contributed by atoms with van der Waals surface area (Å²) in [6.07, 6.45) is 8.91. The summed E-state index contributed by atoms with van der Waals surface area (Å²) in [5, 5.41) is 3.62. The lowest BCUT2D eigenvalue weighted by Crippen LogP contribution is -2.43. The Labute approximate surface area is 136 Å². The van der Waals surface area contributed by atoms with E-state index in [9.17, 15) is 0 Å². The summed E-state index contributed by atoms with van der Waals surface area (Å²) in [4.78, 5) is 0. The van der Waals surface area contributed by atoms with Crippen LogP contribution in [0.15, 0.2) is 16.6 Å². The van der Waals surface area contributed by atoms with E-state index in [4.69, 9.17) is 4.74 Å². The number of nitrogens with one attached hydrogen (secondary N) is 1. The first kappa shape index (κ1) is 15.4. The van der Waals surface area contributed by atoms with Crippen LogP contribution in [0.5, 0.6) is 5.75 Å². The highest BCUT2D eigenvalue weighted by molar-refractivity contribution is 9.10. The number of hydrogen-bond donors (Lipinski definition) is 1. The van der Waals surface area contributed by atoms with E-state index in [1.165, 1.54) is 47.7 Å². The van der Waals surface area contributed by atoms with Crippen molar-refractivity contribution in [1.29, 1.82) is 0 Å². The normalized spacial score (nSPS) is 21.1. The van der Waals surface area contributed by atoms with Gasteiger partial charge in [0.15, 0.2) is 0 Å². The van der Waals surface area contributed by atoms with Gasteiger partial charge in [-0.15, -0.1) is 0 Å². The van der Waals surface area contributed by atoms with Gasteiger partial charge in [0.25, 0.3) is 0 Å². The van der Waals surface area contributed by atoms with Gasteiger partial charge in [-0.05, 0) is 61.4 Å². The van der Waals surface area contributed by atoms with Gasteiger partial charge in [-0.25, -0.2) is 0 Å². The fourth-order valence-electron chi connectivity index (χ4n) is 4.37. The van der Waals surface area contributed by atoms with Gasteiger partial charge >= 0.3 is 0 Å². The van der Waals surface area contributed by atoms with Gasteiger partial charge in [-0.3, -0.25) is 0 Å². The SMILES string of the molecule is CCC1(C(Cc2cc(Br)cc3c2OCC3)NC)CCCC1. The molecule has 1 aliphatic heterocycles. The first-order valence-corrected chi connectivity index (χ1v) is 9.09. The Morgan fingerprint density at radius 1 is 1.33 bits per heavy atom. The zero-order chi connectivity index (χ0) is 14.9. The van der Waals surface area contributed by atoms with Gasteiger partial charge in [0, 0.05) is 16.9 Å². The lowest BCUT2D eigenvalue weighted by Gasteiger charge is -2.37. The van der Waals surface area contributed by atoms with Crippen LogP contribution in [0.4, 0.5) is 0 Å². The summed E-state index contributed by atoms with van der Waals surface area (Å²) in [6, 6.07) is 5.02. The molecule has 1 atom stereocenters. The molecule has 0 bridgehead atoms. The fourth-order valence-corrected chi connectivity index (χ4v) is 4.92. The van der Waals surface area contributed by atoms with Gasteiger partial charge in [0.1, 0.15) is 5.75 Å². The fraction of sp³-hybridized carbons (Fsp3) is 0.667. The Morgan fingerprint density at radius 3 is 2.76 bits per heavy atom. The number of likely N-dealkylation sites (N-methyl/N-ethyl adjacent to an activating group) is 1. The molecule has 116 valence electrons. The summed E-state index contributed by atoms with van der Waals surface area (Å²) in [5.41, 5.74) is 3.21. The zero-order valence-electron chi connectivity index (χ0n) is 13.2. The van der Waals surface area contributed by atoms with Crippen molar-refractivity contribution in [3.8, 4) is 5.75 Å². The maximum Gasteiger partial charge on any atom is 0.125 e. The second-order valence-corrected chi connectivity index (χ2v) is 7.54.